The zero-order chi connectivity index (χ0) is 46.8. The Morgan fingerprint density at radius 1 is 0.328 bits per heavy atom. The lowest BCUT2D eigenvalue weighted by Gasteiger charge is -2.18. The first-order valence-electron chi connectivity index (χ1n) is 28.8. The average Bonchev–Trinajstić information content (AvgIpc) is 3.28. The van der Waals surface area contributed by atoms with Crippen LogP contribution in [0.15, 0.2) is 0 Å². The van der Waals surface area contributed by atoms with Gasteiger partial charge in [0.15, 0.2) is 6.10 Å². The van der Waals surface area contributed by atoms with Gasteiger partial charge in [0.1, 0.15) is 13.2 Å². The average molecular weight is 906 g/mol. The summed E-state index contributed by atoms with van der Waals surface area (Å²) in [5.41, 5.74) is 0. The van der Waals surface area contributed by atoms with Crippen LogP contribution in [0.25, 0.3) is 0 Å². The van der Waals surface area contributed by atoms with Crippen molar-refractivity contribution in [3.05, 3.63) is 0 Å². The molecule has 0 saturated carbocycles. The van der Waals surface area contributed by atoms with E-state index >= 15 is 0 Å². The van der Waals surface area contributed by atoms with Crippen LogP contribution in [-0.4, -0.2) is 37.2 Å². The molecule has 0 aliphatic rings. The normalized spacial score (nSPS) is 12.5. The van der Waals surface area contributed by atoms with Gasteiger partial charge in [0.25, 0.3) is 0 Å². The molecular formula is C58H112O6. The molecule has 0 bridgehead atoms. The fourth-order valence-corrected chi connectivity index (χ4v) is 8.84. The van der Waals surface area contributed by atoms with E-state index in [1.54, 1.807) is 0 Å². The zero-order valence-electron chi connectivity index (χ0n) is 43.9. The number of esters is 3. The van der Waals surface area contributed by atoms with Gasteiger partial charge >= 0.3 is 17.9 Å². The summed E-state index contributed by atoms with van der Waals surface area (Å²) in [6.07, 6.45) is 53.8. The quantitative estimate of drug-likeness (QED) is 0.0344. The van der Waals surface area contributed by atoms with Gasteiger partial charge in [-0.1, -0.05) is 285 Å². The summed E-state index contributed by atoms with van der Waals surface area (Å²) in [4.78, 5) is 38.1. The van der Waals surface area contributed by atoms with Gasteiger partial charge in [0.05, 0.1) is 0 Å². The summed E-state index contributed by atoms with van der Waals surface area (Å²) in [5, 5.41) is 0. The van der Waals surface area contributed by atoms with Crippen molar-refractivity contribution in [1.29, 1.82) is 0 Å². The Kier molecular flexibility index (Phi) is 49.6. The number of ether oxygens (including phenoxy) is 3. The third-order valence-corrected chi connectivity index (χ3v) is 13.6. The number of hydrogen-bond acceptors (Lipinski definition) is 6. The number of rotatable bonds is 52. The monoisotopic (exact) mass is 905 g/mol. The van der Waals surface area contributed by atoms with E-state index in [0.29, 0.717) is 19.3 Å². The molecule has 2 atom stereocenters. The number of carbonyl (C=O) groups excluding carboxylic acids is 3. The highest BCUT2D eigenvalue weighted by molar-refractivity contribution is 5.71. The van der Waals surface area contributed by atoms with Crippen LogP contribution < -0.4 is 0 Å². The molecule has 0 aromatic carbocycles. The molecule has 0 N–H and O–H groups in total. The SMILES string of the molecule is CCCCCCCCCCCCCCCCCCCCCC(=O)OC[C@@H](COC(=O)CCCCCCCCCCCCC(C)CC)OC(=O)CCCCCCCCCCCCC(C)C. The lowest BCUT2D eigenvalue weighted by molar-refractivity contribution is -0.167. The Bertz CT molecular complexity index is 980. The van der Waals surface area contributed by atoms with E-state index < -0.39 is 6.10 Å². The van der Waals surface area contributed by atoms with Crippen LogP contribution in [-0.2, 0) is 28.6 Å². The first-order chi connectivity index (χ1) is 31.3. The highest BCUT2D eigenvalue weighted by Gasteiger charge is 2.19. The molecule has 6 heteroatoms. The van der Waals surface area contributed by atoms with Crippen molar-refractivity contribution in [3.63, 3.8) is 0 Å². The second-order valence-electron chi connectivity index (χ2n) is 20.6. The third kappa shape index (κ3) is 49.8. The topological polar surface area (TPSA) is 78.9 Å². The van der Waals surface area contributed by atoms with Gasteiger partial charge < -0.3 is 14.2 Å². The van der Waals surface area contributed by atoms with E-state index in [0.717, 1.165) is 69.6 Å². The van der Waals surface area contributed by atoms with Crippen molar-refractivity contribution in [2.75, 3.05) is 13.2 Å². The molecule has 0 amide bonds. The van der Waals surface area contributed by atoms with Crippen LogP contribution in [0, 0.1) is 11.8 Å². The maximum Gasteiger partial charge on any atom is 0.306 e. The first-order valence-corrected chi connectivity index (χ1v) is 28.8. The van der Waals surface area contributed by atoms with Crippen LogP contribution in [0.1, 0.15) is 324 Å². The molecule has 1 unspecified atom stereocenters. The Morgan fingerprint density at radius 2 is 0.594 bits per heavy atom. The molecule has 0 rings (SSSR count). The minimum Gasteiger partial charge on any atom is -0.462 e. The maximum absolute atomic E-state index is 12.8. The summed E-state index contributed by atoms with van der Waals surface area (Å²) in [7, 11) is 0. The van der Waals surface area contributed by atoms with Gasteiger partial charge in [-0.25, -0.2) is 0 Å². The zero-order valence-corrected chi connectivity index (χ0v) is 43.9. The van der Waals surface area contributed by atoms with Gasteiger partial charge in [-0.3, -0.25) is 14.4 Å². The van der Waals surface area contributed by atoms with Crippen molar-refractivity contribution in [2.24, 2.45) is 11.8 Å². The predicted octanol–water partition coefficient (Wildman–Crippen LogP) is 18.9. The van der Waals surface area contributed by atoms with Gasteiger partial charge in [-0.2, -0.15) is 0 Å². The molecule has 0 aromatic rings. The van der Waals surface area contributed by atoms with E-state index in [-0.39, 0.29) is 31.1 Å². The molecule has 0 aliphatic carbocycles. The second kappa shape index (κ2) is 50.8. The molecule has 0 heterocycles. The maximum atomic E-state index is 12.8. The van der Waals surface area contributed by atoms with Gasteiger partial charge in [0.2, 0.25) is 0 Å². The molecule has 0 radical (unpaired) electrons. The van der Waals surface area contributed by atoms with Crippen LogP contribution in [0.3, 0.4) is 0 Å². The van der Waals surface area contributed by atoms with Crippen molar-refractivity contribution < 1.29 is 28.6 Å². The van der Waals surface area contributed by atoms with Crippen molar-refractivity contribution in [1.82, 2.24) is 0 Å². The van der Waals surface area contributed by atoms with E-state index in [1.165, 1.54) is 212 Å². The number of unbranched alkanes of at least 4 members (excludes halogenated alkanes) is 36. The fourth-order valence-electron chi connectivity index (χ4n) is 8.84. The van der Waals surface area contributed by atoms with E-state index in [4.69, 9.17) is 14.2 Å². The molecule has 380 valence electrons. The Labute approximate surface area is 399 Å². The molecule has 0 aromatic heterocycles. The van der Waals surface area contributed by atoms with Crippen molar-refractivity contribution in [2.45, 2.75) is 330 Å². The second-order valence-corrected chi connectivity index (χ2v) is 20.6. The standard InChI is InChI=1S/C58H112O6/c1-6-8-9-10-11-12-13-14-15-16-17-18-19-20-21-28-33-38-43-48-56(59)62-51-55(64-58(61)50-45-40-35-30-24-22-26-31-36-41-46-53(3)4)52-63-57(60)49-44-39-34-29-25-23-27-32-37-42-47-54(5)7-2/h53-55H,6-52H2,1-5H3/t54?,55-/m0/s1. The first kappa shape index (κ1) is 62.4. The molecule has 0 fully saturated rings. The summed E-state index contributed by atoms with van der Waals surface area (Å²) >= 11 is 0. The fraction of sp³-hybridized carbons (Fsp3) is 0.948. The van der Waals surface area contributed by atoms with Crippen molar-refractivity contribution in [3.8, 4) is 0 Å². The molecular weight excluding hydrogens is 793 g/mol. The van der Waals surface area contributed by atoms with Gasteiger partial charge in [0, 0.05) is 19.3 Å². The number of hydrogen-bond donors (Lipinski definition) is 0. The van der Waals surface area contributed by atoms with E-state index in [1.807, 2.05) is 0 Å². The molecule has 0 spiro atoms. The highest BCUT2D eigenvalue weighted by Crippen LogP contribution is 2.18. The lowest BCUT2D eigenvalue weighted by Crippen LogP contribution is -2.30. The summed E-state index contributed by atoms with van der Waals surface area (Å²) in [6, 6.07) is 0. The summed E-state index contributed by atoms with van der Waals surface area (Å²) in [5.74, 6) is 0.843. The molecule has 64 heavy (non-hydrogen) atoms. The van der Waals surface area contributed by atoms with E-state index in [9.17, 15) is 14.4 Å². The molecule has 0 saturated heterocycles. The van der Waals surface area contributed by atoms with Crippen LogP contribution in [0.2, 0.25) is 0 Å². The Morgan fingerprint density at radius 3 is 0.891 bits per heavy atom. The molecule has 0 aliphatic heterocycles. The minimum absolute atomic E-state index is 0.0632. The van der Waals surface area contributed by atoms with Crippen LogP contribution in [0.5, 0.6) is 0 Å². The molecule has 6 nitrogen and oxygen atoms in total. The highest BCUT2D eigenvalue weighted by atomic mass is 16.6. The van der Waals surface area contributed by atoms with Crippen LogP contribution >= 0.6 is 0 Å². The summed E-state index contributed by atoms with van der Waals surface area (Å²) < 4.78 is 16.9. The third-order valence-electron chi connectivity index (χ3n) is 13.6. The predicted molar refractivity (Wildman–Crippen MR) is 275 cm³/mol. The largest absolute Gasteiger partial charge is 0.462 e. The smallest absolute Gasteiger partial charge is 0.306 e. The summed E-state index contributed by atoms with van der Waals surface area (Å²) in [6.45, 7) is 11.4. The van der Waals surface area contributed by atoms with Gasteiger partial charge in [-0.15, -0.1) is 0 Å². The Balaban J connectivity index is 4.27. The van der Waals surface area contributed by atoms with Crippen molar-refractivity contribution >= 4 is 17.9 Å². The lowest BCUT2D eigenvalue weighted by atomic mass is 9.99. The minimum atomic E-state index is -0.763. The Hall–Kier alpha value is -1.59. The van der Waals surface area contributed by atoms with E-state index in [2.05, 4.69) is 34.6 Å². The number of carbonyl (C=O) groups is 3. The van der Waals surface area contributed by atoms with Gasteiger partial charge in [-0.05, 0) is 31.1 Å². The van der Waals surface area contributed by atoms with Crippen LogP contribution in [0.4, 0.5) is 0 Å².